The number of hydrogen-bond acceptors (Lipinski definition) is 10. The number of ether oxygens (including phenoxy) is 4. The van der Waals surface area contributed by atoms with Crippen molar-refractivity contribution in [1.82, 2.24) is 35.1 Å². The van der Waals surface area contributed by atoms with Gasteiger partial charge in [0.05, 0.1) is 56.2 Å². The van der Waals surface area contributed by atoms with Gasteiger partial charge in [-0.2, -0.15) is 0 Å². The number of imidazole rings is 2. The summed E-state index contributed by atoms with van der Waals surface area (Å²) >= 11 is 0. The average Bonchev–Trinajstić information content (AvgIpc) is 4.00. The second-order valence-electron chi connectivity index (χ2n) is 12.9. The number of nitrogens with two attached hydrogens (primary N) is 1. The smallest absolute Gasteiger partial charge is 0.407 e. The fourth-order valence-electron chi connectivity index (χ4n) is 6.99. The van der Waals surface area contributed by atoms with Crippen LogP contribution in [0.15, 0.2) is 60.9 Å². The second kappa shape index (κ2) is 16.7. The molecule has 4 amide bonds. The van der Waals surface area contributed by atoms with Gasteiger partial charge in [0.2, 0.25) is 12.0 Å². The summed E-state index contributed by atoms with van der Waals surface area (Å²) in [5.41, 5.74) is 10.8. The van der Waals surface area contributed by atoms with E-state index in [2.05, 4.69) is 30.0 Å². The van der Waals surface area contributed by atoms with Crippen LogP contribution in [0.4, 0.5) is 9.59 Å². The molecule has 4 aromatic rings. The van der Waals surface area contributed by atoms with Crippen molar-refractivity contribution in [3.63, 3.8) is 0 Å². The van der Waals surface area contributed by atoms with E-state index in [1.165, 1.54) is 21.3 Å². The van der Waals surface area contributed by atoms with Gasteiger partial charge < -0.3 is 49.8 Å². The molecule has 2 aliphatic heterocycles. The number of carbonyl (C=O) groups is 4. The first-order valence-corrected chi connectivity index (χ1v) is 17.4. The molecule has 16 heteroatoms. The Morgan fingerprint density at radius 1 is 0.755 bits per heavy atom. The van der Waals surface area contributed by atoms with Gasteiger partial charge in [-0.25, -0.2) is 19.6 Å². The summed E-state index contributed by atoms with van der Waals surface area (Å²) in [7, 11) is 4.15. The molecule has 0 saturated carbocycles. The lowest BCUT2D eigenvalue weighted by Gasteiger charge is -2.27. The van der Waals surface area contributed by atoms with Gasteiger partial charge in [0.25, 0.3) is 5.91 Å². The molecule has 4 atom stereocenters. The Kier molecular flexibility index (Phi) is 11.7. The fraction of sp³-hybridized carbons (Fsp3) is 0.405. The summed E-state index contributed by atoms with van der Waals surface area (Å²) in [6, 6.07) is 14.8. The first-order valence-electron chi connectivity index (χ1n) is 17.4. The van der Waals surface area contributed by atoms with Crippen LogP contribution in [0.5, 0.6) is 0 Å². The first-order chi connectivity index (χ1) is 25.7. The largest absolute Gasteiger partial charge is 0.453 e. The number of aromatic nitrogens is 4. The Morgan fingerprint density at radius 2 is 1.23 bits per heavy atom. The number of benzene rings is 2. The average molecular weight is 729 g/mol. The van der Waals surface area contributed by atoms with Crippen molar-refractivity contribution in [3.8, 4) is 33.6 Å². The minimum Gasteiger partial charge on any atom is -0.453 e. The Hall–Kier alpha value is -5.74. The van der Waals surface area contributed by atoms with Crippen LogP contribution in [0.1, 0.15) is 49.4 Å². The van der Waals surface area contributed by atoms with E-state index in [0.29, 0.717) is 31.2 Å². The van der Waals surface area contributed by atoms with Crippen LogP contribution in [0.2, 0.25) is 0 Å². The summed E-state index contributed by atoms with van der Waals surface area (Å²) in [6.07, 6.45) is 3.73. The van der Waals surface area contributed by atoms with E-state index in [4.69, 9.17) is 19.9 Å². The van der Waals surface area contributed by atoms with Crippen molar-refractivity contribution in [1.29, 1.82) is 0 Å². The molecule has 280 valence electrons. The number of carbonyl (C=O) groups excluding carboxylic acids is 4. The van der Waals surface area contributed by atoms with Crippen molar-refractivity contribution in [2.45, 2.75) is 49.9 Å². The summed E-state index contributed by atoms with van der Waals surface area (Å²) in [5.74, 6) is 0.713. The number of nitrogens with zero attached hydrogens (tertiary/aromatic N) is 4. The highest BCUT2D eigenvalue weighted by atomic mass is 16.6. The van der Waals surface area contributed by atoms with Gasteiger partial charge in [0.15, 0.2) is 0 Å². The summed E-state index contributed by atoms with van der Waals surface area (Å²) < 4.78 is 19.9. The molecule has 2 aromatic carbocycles. The number of likely N-dealkylation sites (tertiary alicyclic amines) is 2. The van der Waals surface area contributed by atoms with Crippen LogP contribution < -0.4 is 11.1 Å². The highest BCUT2D eigenvalue weighted by Gasteiger charge is 2.38. The molecule has 2 aliphatic rings. The molecule has 0 spiro atoms. The van der Waals surface area contributed by atoms with Crippen LogP contribution in [-0.2, 0) is 28.5 Å². The molecule has 0 aliphatic carbocycles. The molecule has 53 heavy (non-hydrogen) atoms. The van der Waals surface area contributed by atoms with Gasteiger partial charge >= 0.3 is 12.2 Å². The monoisotopic (exact) mass is 728 g/mol. The van der Waals surface area contributed by atoms with Crippen molar-refractivity contribution >= 4 is 24.0 Å². The zero-order valence-electron chi connectivity index (χ0n) is 29.9. The number of rotatable bonds is 13. The zero-order valence-corrected chi connectivity index (χ0v) is 29.9. The maximum atomic E-state index is 13.4. The number of alkyl carbamates (subject to hydrolysis) is 1. The summed E-state index contributed by atoms with van der Waals surface area (Å²) in [5, 5.41) is 2.56. The third kappa shape index (κ3) is 8.34. The molecule has 2 saturated heterocycles. The van der Waals surface area contributed by atoms with E-state index in [1.54, 1.807) is 22.2 Å². The van der Waals surface area contributed by atoms with Crippen LogP contribution in [0, 0.1) is 0 Å². The number of primary amides is 1. The van der Waals surface area contributed by atoms with Crippen LogP contribution >= 0.6 is 0 Å². The van der Waals surface area contributed by atoms with Crippen LogP contribution in [0.3, 0.4) is 0 Å². The predicted molar refractivity (Wildman–Crippen MR) is 192 cm³/mol. The van der Waals surface area contributed by atoms with E-state index in [9.17, 15) is 19.2 Å². The lowest BCUT2D eigenvalue weighted by atomic mass is 10.0. The SMILES string of the molecule is COC[C@H](NC(=O)OC)C(=O)N1CCC[C@H]1c1ncc(-c2ccc(-c3ccc(-c4cnc([C@@H]5CCCN5C(=O)[C@H](COC)OC(N)=O)[nH]4)cc3)cc2)[nH]1. The maximum Gasteiger partial charge on any atom is 0.407 e. The van der Waals surface area contributed by atoms with Gasteiger partial charge in [-0.3, -0.25) is 9.59 Å². The molecule has 0 bridgehead atoms. The van der Waals surface area contributed by atoms with Crippen molar-refractivity contribution in [2.24, 2.45) is 5.73 Å². The molecular formula is C37H44N8O8. The third-order valence-corrected chi connectivity index (χ3v) is 9.58. The topological polar surface area (TPSA) is 207 Å². The van der Waals surface area contributed by atoms with Gasteiger partial charge in [-0.15, -0.1) is 0 Å². The molecular weight excluding hydrogens is 684 g/mol. The number of nitrogens with one attached hydrogen (secondary N) is 3. The second-order valence-corrected chi connectivity index (χ2v) is 12.9. The third-order valence-electron chi connectivity index (χ3n) is 9.58. The Morgan fingerprint density at radius 3 is 1.68 bits per heavy atom. The van der Waals surface area contributed by atoms with Gasteiger partial charge in [-0.1, -0.05) is 48.5 Å². The lowest BCUT2D eigenvalue weighted by molar-refractivity contribution is -0.144. The molecule has 5 N–H and O–H groups in total. The van der Waals surface area contributed by atoms with Crippen molar-refractivity contribution in [3.05, 3.63) is 72.6 Å². The first kappa shape index (κ1) is 37.0. The fourth-order valence-corrected chi connectivity index (χ4v) is 6.99. The molecule has 16 nitrogen and oxygen atoms in total. The molecule has 6 rings (SSSR count). The minimum atomic E-state index is -1.12. The Balaban J connectivity index is 1.10. The number of aromatic amines is 2. The predicted octanol–water partition coefficient (Wildman–Crippen LogP) is 3.94. The Bertz CT molecular complexity index is 1890. The van der Waals surface area contributed by atoms with E-state index in [-0.39, 0.29) is 37.1 Å². The van der Waals surface area contributed by atoms with E-state index in [1.807, 2.05) is 48.5 Å². The molecule has 2 aromatic heterocycles. The van der Waals surface area contributed by atoms with Gasteiger partial charge in [0.1, 0.15) is 17.7 Å². The number of hydrogen-bond donors (Lipinski definition) is 4. The standard InChI is InChI=1S/C37H44N8O8/c1-50-20-28(43-37(49)52-3)34(46)44-16-4-6-29(44)32-39-18-26(41-32)24-12-8-22(9-13-24)23-10-14-25(15-11-23)27-19-40-33(42-27)30-7-5-17-45(30)35(47)31(21-51-2)53-36(38)48/h8-15,18-19,28-31H,4-7,16-17,20-21H2,1-3H3,(H2,38,48)(H,39,41)(H,40,42)(H,43,49)/t28-,29-,30-,31-/m0/s1. The van der Waals surface area contributed by atoms with E-state index < -0.39 is 24.3 Å². The minimum absolute atomic E-state index is 0.0246. The highest BCUT2D eigenvalue weighted by Crippen LogP contribution is 2.34. The number of amides is 4. The summed E-state index contributed by atoms with van der Waals surface area (Å²) in [4.78, 5) is 69.2. The molecule has 4 heterocycles. The molecule has 0 unspecified atom stereocenters. The number of H-pyrrole nitrogens is 2. The van der Waals surface area contributed by atoms with Gasteiger partial charge in [0, 0.05) is 27.3 Å². The van der Waals surface area contributed by atoms with Gasteiger partial charge in [-0.05, 0) is 47.9 Å². The molecule has 2 fully saturated rings. The van der Waals surface area contributed by atoms with E-state index >= 15 is 0 Å². The normalized spacial score (nSPS) is 18.1. The van der Waals surface area contributed by atoms with Crippen molar-refractivity contribution < 1.29 is 38.1 Å². The molecule has 0 radical (unpaired) electrons. The van der Waals surface area contributed by atoms with Crippen LogP contribution in [-0.4, -0.2) is 114 Å². The Labute approximate surface area is 306 Å². The summed E-state index contributed by atoms with van der Waals surface area (Å²) in [6.45, 7) is 0.983. The number of methoxy groups -OCH3 is 3. The highest BCUT2D eigenvalue weighted by molar-refractivity contribution is 5.86. The zero-order chi connectivity index (χ0) is 37.5. The maximum absolute atomic E-state index is 13.4. The quantitative estimate of drug-likeness (QED) is 0.156. The van der Waals surface area contributed by atoms with E-state index in [0.717, 1.165) is 52.9 Å². The van der Waals surface area contributed by atoms with Crippen LogP contribution in [0.25, 0.3) is 33.6 Å². The lowest BCUT2D eigenvalue weighted by Crippen LogP contribution is -2.50. The van der Waals surface area contributed by atoms with Crippen molar-refractivity contribution in [2.75, 3.05) is 47.6 Å².